The lowest BCUT2D eigenvalue weighted by Crippen LogP contribution is -2.45. The second kappa shape index (κ2) is 8.63. The van der Waals surface area contributed by atoms with E-state index in [0.29, 0.717) is 25.7 Å². The first-order valence-electron chi connectivity index (χ1n) is 8.05. The number of hydrogen-bond acceptors (Lipinski definition) is 3. The molecule has 3 N–H and O–H groups in total. The Morgan fingerprint density at radius 2 is 1.88 bits per heavy atom. The standard InChI is InChI=1S/C17H23FN2O4/c1-24-15(11-2-6-13(18)7-3-11)10-19-17(23)20-14-8-4-12(5-9-14)16(21)22/h2-3,6-7,12,14-15H,4-5,8-10H2,1H3,(H,21,22)(H2,19,20,23). The van der Waals surface area contributed by atoms with E-state index in [9.17, 15) is 14.0 Å². The molecule has 24 heavy (non-hydrogen) atoms. The summed E-state index contributed by atoms with van der Waals surface area (Å²) in [6.45, 7) is 0.262. The van der Waals surface area contributed by atoms with E-state index in [-0.39, 0.29) is 36.5 Å². The second-order valence-corrected chi connectivity index (χ2v) is 6.02. The van der Waals surface area contributed by atoms with E-state index in [1.165, 1.54) is 19.2 Å². The monoisotopic (exact) mass is 338 g/mol. The molecule has 1 aliphatic rings. The Labute approximate surface area is 140 Å². The molecular weight excluding hydrogens is 315 g/mol. The lowest BCUT2D eigenvalue weighted by molar-refractivity contribution is -0.142. The van der Waals surface area contributed by atoms with Crippen LogP contribution in [-0.4, -0.2) is 36.8 Å². The van der Waals surface area contributed by atoms with Crippen molar-refractivity contribution in [2.24, 2.45) is 5.92 Å². The van der Waals surface area contributed by atoms with Crippen molar-refractivity contribution in [2.75, 3.05) is 13.7 Å². The number of carboxylic acids is 1. The minimum atomic E-state index is -0.764. The third kappa shape index (κ3) is 5.19. The molecule has 2 rings (SSSR count). The average molecular weight is 338 g/mol. The fourth-order valence-electron chi connectivity index (χ4n) is 2.92. The van der Waals surface area contributed by atoms with Gasteiger partial charge in [0.05, 0.1) is 12.0 Å². The normalized spacial score (nSPS) is 21.8. The Balaban J connectivity index is 1.76. The summed E-state index contributed by atoms with van der Waals surface area (Å²) in [5.41, 5.74) is 0.779. The molecule has 1 atom stereocenters. The molecule has 0 heterocycles. The van der Waals surface area contributed by atoms with E-state index in [0.717, 1.165) is 5.56 Å². The molecular formula is C17H23FN2O4. The van der Waals surface area contributed by atoms with Crippen molar-refractivity contribution < 1.29 is 23.8 Å². The number of halogens is 1. The summed E-state index contributed by atoms with van der Waals surface area (Å²) in [6, 6.07) is 5.63. The van der Waals surface area contributed by atoms with Crippen LogP contribution in [0.3, 0.4) is 0 Å². The van der Waals surface area contributed by atoms with Gasteiger partial charge in [0.1, 0.15) is 5.82 Å². The van der Waals surface area contributed by atoms with E-state index in [1.807, 2.05) is 0 Å². The minimum Gasteiger partial charge on any atom is -0.481 e. The van der Waals surface area contributed by atoms with Gasteiger partial charge in [-0.25, -0.2) is 9.18 Å². The predicted molar refractivity (Wildman–Crippen MR) is 86.1 cm³/mol. The highest BCUT2D eigenvalue weighted by Gasteiger charge is 2.26. The summed E-state index contributed by atoms with van der Waals surface area (Å²) in [7, 11) is 1.53. The van der Waals surface area contributed by atoms with E-state index in [2.05, 4.69) is 10.6 Å². The van der Waals surface area contributed by atoms with E-state index >= 15 is 0 Å². The third-order valence-electron chi connectivity index (χ3n) is 4.39. The second-order valence-electron chi connectivity index (χ2n) is 6.02. The van der Waals surface area contributed by atoms with Crippen LogP contribution in [0.2, 0.25) is 0 Å². The molecule has 0 radical (unpaired) electrons. The molecule has 132 valence electrons. The molecule has 1 aromatic carbocycles. The fraction of sp³-hybridized carbons (Fsp3) is 0.529. The van der Waals surface area contributed by atoms with Crippen LogP contribution < -0.4 is 10.6 Å². The molecule has 0 saturated heterocycles. The van der Waals surface area contributed by atoms with Crippen LogP contribution in [0.15, 0.2) is 24.3 Å². The number of methoxy groups -OCH3 is 1. The number of carbonyl (C=O) groups excluding carboxylic acids is 1. The Morgan fingerprint density at radius 1 is 1.25 bits per heavy atom. The van der Waals surface area contributed by atoms with E-state index in [4.69, 9.17) is 9.84 Å². The zero-order chi connectivity index (χ0) is 17.5. The van der Waals surface area contributed by atoms with Gasteiger partial charge in [-0.3, -0.25) is 4.79 Å². The highest BCUT2D eigenvalue weighted by atomic mass is 19.1. The maximum atomic E-state index is 12.9. The zero-order valence-corrected chi connectivity index (χ0v) is 13.6. The molecule has 1 fully saturated rings. The van der Waals surface area contributed by atoms with Gasteiger partial charge in [0, 0.05) is 19.7 Å². The van der Waals surface area contributed by atoms with Gasteiger partial charge in [0.25, 0.3) is 0 Å². The summed E-state index contributed by atoms with van der Waals surface area (Å²) < 4.78 is 18.3. The molecule has 6 nitrogen and oxygen atoms in total. The number of nitrogens with one attached hydrogen (secondary N) is 2. The SMILES string of the molecule is COC(CNC(=O)NC1CCC(C(=O)O)CC1)c1ccc(F)cc1. The Morgan fingerprint density at radius 3 is 2.42 bits per heavy atom. The summed E-state index contributed by atoms with van der Waals surface area (Å²) in [5, 5.41) is 14.6. The van der Waals surface area contributed by atoms with Gasteiger partial charge in [0.2, 0.25) is 0 Å². The number of carbonyl (C=O) groups is 2. The van der Waals surface area contributed by atoms with Crippen molar-refractivity contribution in [1.82, 2.24) is 10.6 Å². The molecule has 0 aliphatic heterocycles. The molecule has 1 aromatic rings. The number of hydrogen-bond donors (Lipinski definition) is 3. The first-order chi connectivity index (χ1) is 11.5. The smallest absolute Gasteiger partial charge is 0.315 e. The van der Waals surface area contributed by atoms with Crippen molar-refractivity contribution in [3.63, 3.8) is 0 Å². The topological polar surface area (TPSA) is 87.7 Å². The first kappa shape index (κ1) is 18.2. The average Bonchev–Trinajstić information content (AvgIpc) is 2.57. The summed E-state index contributed by atoms with van der Waals surface area (Å²) in [5.74, 6) is -1.39. The zero-order valence-electron chi connectivity index (χ0n) is 13.6. The summed E-state index contributed by atoms with van der Waals surface area (Å²) >= 11 is 0. The fourth-order valence-corrected chi connectivity index (χ4v) is 2.92. The molecule has 2 amide bonds. The number of rotatable bonds is 6. The van der Waals surface area contributed by atoms with Gasteiger partial charge < -0.3 is 20.5 Å². The predicted octanol–water partition coefficient (Wildman–Crippen LogP) is 2.46. The first-order valence-corrected chi connectivity index (χ1v) is 8.05. The van der Waals surface area contributed by atoms with Crippen LogP contribution >= 0.6 is 0 Å². The number of benzene rings is 1. The maximum Gasteiger partial charge on any atom is 0.315 e. The van der Waals surface area contributed by atoms with Crippen LogP contribution in [0.1, 0.15) is 37.4 Å². The third-order valence-corrected chi connectivity index (χ3v) is 4.39. The number of ether oxygens (including phenoxy) is 1. The van der Waals surface area contributed by atoms with Crippen molar-refractivity contribution in [3.8, 4) is 0 Å². The van der Waals surface area contributed by atoms with Gasteiger partial charge in [-0.15, -0.1) is 0 Å². The van der Waals surface area contributed by atoms with Crippen LogP contribution in [0, 0.1) is 11.7 Å². The quantitative estimate of drug-likeness (QED) is 0.743. The molecule has 1 saturated carbocycles. The van der Waals surface area contributed by atoms with Gasteiger partial charge in [0.15, 0.2) is 0 Å². The van der Waals surface area contributed by atoms with Crippen molar-refractivity contribution in [3.05, 3.63) is 35.6 Å². The lowest BCUT2D eigenvalue weighted by atomic mass is 9.86. The highest BCUT2D eigenvalue weighted by Crippen LogP contribution is 2.24. The van der Waals surface area contributed by atoms with Crippen LogP contribution in [0.25, 0.3) is 0 Å². The van der Waals surface area contributed by atoms with Crippen LogP contribution in [0.4, 0.5) is 9.18 Å². The van der Waals surface area contributed by atoms with Gasteiger partial charge >= 0.3 is 12.0 Å². The number of aliphatic carboxylic acids is 1. The Bertz CT molecular complexity index is 556. The number of urea groups is 1. The number of carboxylic acid groups (broad SMARTS) is 1. The van der Waals surface area contributed by atoms with Crippen molar-refractivity contribution in [2.45, 2.75) is 37.8 Å². The van der Waals surface area contributed by atoms with Gasteiger partial charge in [-0.05, 0) is 43.4 Å². The Hall–Kier alpha value is -2.15. The molecule has 1 aliphatic carbocycles. The van der Waals surface area contributed by atoms with E-state index in [1.54, 1.807) is 12.1 Å². The minimum absolute atomic E-state index is 0.00702. The van der Waals surface area contributed by atoms with E-state index < -0.39 is 5.97 Å². The van der Waals surface area contributed by atoms with Crippen molar-refractivity contribution in [1.29, 1.82) is 0 Å². The van der Waals surface area contributed by atoms with Crippen LogP contribution in [-0.2, 0) is 9.53 Å². The molecule has 1 unspecified atom stereocenters. The maximum absolute atomic E-state index is 12.9. The van der Waals surface area contributed by atoms with Crippen LogP contribution in [0.5, 0.6) is 0 Å². The molecule has 0 aromatic heterocycles. The lowest BCUT2D eigenvalue weighted by Gasteiger charge is -2.27. The molecule has 0 bridgehead atoms. The summed E-state index contributed by atoms with van der Waals surface area (Å²) in [6.07, 6.45) is 2.12. The highest BCUT2D eigenvalue weighted by molar-refractivity contribution is 5.74. The Kier molecular flexibility index (Phi) is 6.54. The largest absolute Gasteiger partial charge is 0.481 e. The van der Waals surface area contributed by atoms with Crippen molar-refractivity contribution >= 4 is 12.0 Å². The van der Waals surface area contributed by atoms with Gasteiger partial charge in [-0.1, -0.05) is 12.1 Å². The molecule has 7 heteroatoms. The number of amides is 2. The summed E-state index contributed by atoms with van der Waals surface area (Å²) in [4.78, 5) is 22.9. The van der Waals surface area contributed by atoms with Gasteiger partial charge in [-0.2, -0.15) is 0 Å². The molecule has 0 spiro atoms.